The Kier molecular flexibility index (Phi) is 5.11. The number of nitrogens with one attached hydrogen (secondary N) is 1. The molecule has 2 heterocycles. The van der Waals surface area contributed by atoms with E-state index in [-0.39, 0.29) is 5.91 Å². The lowest BCUT2D eigenvalue weighted by atomic mass is 10.0. The van der Waals surface area contributed by atoms with Gasteiger partial charge < -0.3 is 4.90 Å². The summed E-state index contributed by atoms with van der Waals surface area (Å²) < 4.78 is 0. The van der Waals surface area contributed by atoms with Gasteiger partial charge in [-0.1, -0.05) is 23.5 Å². The number of aromatic nitrogens is 2. The van der Waals surface area contributed by atoms with Crippen molar-refractivity contribution in [1.82, 2.24) is 15.1 Å². The number of carbonyl (C=O) groups excluding carboxylic acids is 1. The van der Waals surface area contributed by atoms with Crippen molar-refractivity contribution in [1.29, 1.82) is 0 Å². The summed E-state index contributed by atoms with van der Waals surface area (Å²) in [7, 11) is 4.09. The van der Waals surface area contributed by atoms with Crippen molar-refractivity contribution < 1.29 is 4.79 Å². The van der Waals surface area contributed by atoms with E-state index in [1.165, 1.54) is 22.6 Å². The lowest BCUT2D eigenvalue weighted by Crippen LogP contribution is -2.33. The molecule has 1 aromatic carbocycles. The molecule has 1 N–H and O–H groups in total. The van der Waals surface area contributed by atoms with Crippen molar-refractivity contribution >= 4 is 28.1 Å². The van der Waals surface area contributed by atoms with Gasteiger partial charge in [-0.3, -0.25) is 15.0 Å². The minimum atomic E-state index is -0.0261. The largest absolute Gasteiger partial charge is 0.378 e. The van der Waals surface area contributed by atoms with Crippen LogP contribution in [0.4, 0.5) is 10.8 Å². The highest BCUT2D eigenvalue weighted by atomic mass is 32.1. The summed E-state index contributed by atoms with van der Waals surface area (Å²) in [4.78, 5) is 16.7. The van der Waals surface area contributed by atoms with Crippen molar-refractivity contribution in [2.24, 2.45) is 0 Å². The fourth-order valence-electron chi connectivity index (χ4n) is 3.09. The molecule has 0 unspecified atom stereocenters. The van der Waals surface area contributed by atoms with Crippen LogP contribution < -0.4 is 10.2 Å². The highest BCUT2D eigenvalue weighted by Gasteiger charge is 2.28. The van der Waals surface area contributed by atoms with Gasteiger partial charge in [0, 0.05) is 25.8 Å². The molecule has 6 nitrogen and oxygen atoms in total. The van der Waals surface area contributed by atoms with Crippen LogP contribution in [0.2, 0.25) is 0 Å². The summed E-state index contributed by atoms with van der Waals surface area (Å²) in [5.74, 6) is -0.0261. The molecule has 1 amide bonds. The zero-order chi connectivity index (χ0) is 17.1. The van der Waals surface area contributed by atoms with Crippen molar-refractivity contribution in [3.05, 3.63) is 34.8 Å². The summed E-state index contributed by atoms with van der Waals surface area (Å²) in [5.41, 5.74) is 2.46. The van der Waals surface area contributed by atoms with Crippen molar-refractivity contribution in [3.63, 3.8) is 0 Å². The van der Waals surface area contributed by atoms with E-state index < -0.39 is 0 Å². The summed E-state index contributed by atoms with van der Waals surface area (Å²) in [5, 5.41) is 12.1. The molecule has 24 heavy (non-hydrogen) atoms. The standard InChI is InChI=1S/C17H23N5OS/c1-12-19-20-17(24-12)18-16(23)11-22-9-5-8-15(22)13-6-4-7-14(10-13)21(2)3/h4,6-7,10,15H,5,8-9,11H2,1-3H3,(H,18,20,23)/t15-/m1/s1. The van der Waals surface area contributed by atoms with Crippen molar-refractivity contribution in [2.45, 2.75) is 25.8 Å². The second kappa shape index (κ2) is 7.27. The van der Waals surface area contributed by atoms with Crippen LogP contribution in [0.1, 0.15) is 29.5 Å². The lowest BCUT2D eigenvalue weighted by Gasteiger charge is -2.25. The maximum absolute atomic E-state index is 12.3. The number of nitrogens with zero attached hydrogens (tertiary/aromatic N) is 4. The molecule has 0 radical (unpaired) electrons. The maximum atomic E-state index is 12.3. The number of aryl methyl sites for hydroxylation is 1. The van der Waals surface area contributed by atoms with Crippen LogP contribution in [0.3, 0.4) is 0 Å². The Morgan fingerprint density at radius 2 is 2.25 bits per heavy atom. The van der Waals surface area contributed by atoms with Gasteiger partial charge in [0.2, 0.25) is 11.0 Å². The SMILES string of the molecule is Cc1nnc(NC(=O)CN2CCC[C@@H]2c2cccc(N(C)C)c2)s1. The van der Waals surface area contributed by atoms with E-state index in [0.29, 0.717) is 17.7 Å². The maximum Gasteiger partial charge on any atom is 0.240 e. The number of hydrogen-bond donors (Lipinski definition) is 1. The number of amides is 1. The first-order valence-corrected chi connectivity index (χ1v) is 8.96. The van der Waals surface area contributed by atoms with E-state index in [9.17, 15) is 4.79 Å². The van der Waals surface area contributed by atoms with Crippen LogP contribution in [0.25, 0.3) is 0 Å². The van der Waals surface area contributed by atoms with Crippen molar-refractivity contribution in [3.8, 4) is 0 Å². The first-order chi connectivity index (χ1) is 11.5. The van der Waals surface area contributed by atoms with Crippen LogP contribution in [0.5, 0.6) is 0 Å². The number of hydrogen-bond acceptors (Lipinski definition) is 6. The first kappa shape index (κ1) is 16.9. The van der Waals surface area contributed by atoms with Gasteiger partial charge in [0.05, 0.1) is 6.54 Å². The minimum absolute atomic E-state index is 0.0261. The lowest BCUT2D eigenvalue weighted by molar-refractivity contribution is -0.117. The Balaban J connectivity index is 1.67. The molecule has 0 aliphatic carbocycles. The molecule has 7 heteroatoms. The smallest absolute Gasteiger partial charge is 0.240 e. The Morgan fingerprint density at radius 1 is 1.42 bits per heavy atom. The highest BCUT2D eigenvalue weighted by molar-refractivity contribution is 7.15. The van der Waals surface area contributed by atoms with Crippen LogP contribution in [-0.4, -0.2) is 48.2 Å². The van der Waals surface area contributed by atoms with Gasteiger partial charge in [0.1, 0.15) is 5.01 Å². The third-order valence-corrected chi connectivity index (χ3v) is 5.01. The van der Waals surface area contributed by atoms with E-state index in [0.717, 1.165) is 24.4 Å². The van der Waals surface area contributed by atoms with E-state index in [1.54, 1.807) is 0 Å². The molecule has 0 saturated carbocycles. The Hall–Kier alpha value is -1.99. The van der Waals surface area contributed by atoms with Gasteiger partial charge in [-0.25, -0.2) is 0 Å². The average molecular weight is 345 g/mol. The molecule has 0 spiro atoms. The molecule has 128 valence electrons. The summed E-state index contributed by atoms with van der Waals surface area (Å²) >= 11 is 1.40. The molecule has 3 rings (SSSR count). The minimum Gasteiger partial charge on any atom is -0.378 e. The van der Waals surface area contributed by atoms with Gasteiger partial charge in [-0.2, -0.15) is 0 Å². The Bertz CT molecular complexity index is 715. The number of carbonyl (C=O) groups is 1. The normalized spacial score (nSPS) is 17.9. The molecule has 1 saturated heterocycles. The summed E-state index contributed by atoms with van der Waals surface area (Å²) in [6.07, 6.45) is 2.20. The molecule has 2 aromatic rings. The Labute approximate surface area is 146 Å². The molecular formula is C17H23N5OS. The van der Waals surface area contributed by atoms with Gasteiger partial charge in [0.15, 0.2) is 0 Å². The Morgan fingerprint density at radius 3 is 2.96 bits per heavy atom. The molecule has 1 aromatic heterocycles. The fraction of sp³-hybridized carbons (Fsp3) is 0.471. The molecule has 0 bridgehead atoms. The number of benzene rings is 1. The topological polar surface area (TPSA) is 61.4 Å². The number of rotatable bonds is 5. The molecule has 1 aliphatic rings. The summed E-state index contributed by atoms with van der Waals surface area (Å²) in [6, 6.07) is 8.86. The number of likely N-dealkylation sites (tertiary alicyclic amines) is 1. The van der Waals surface area contributed by atoms with Crippen LogP contribution in [0, 0.1) is 6.92 Å². The first-order valence-electron chi connectivity index (χ1n) is 8.14. The molecule has 1 atom stereocenters. The third kappa shape index (κ3) is 3.91. The average Bonchev–Trinajstić information content (AvgIpc) is 3.16. The number of anilines is 2. The second-order valence-electron chi connectivity index (χ2n) is 6.29. The monoisotopic (exact) mass is 345 g/mol. The van der Waals surface area contributed by atoms with Gasteiger partial charge in [0.25, 0.3) is 0 Å². The zero-order valence-electron chi connectivity index (χ0n) is 14.3. The second-order valence-corrected chi connectivity index (χ2v) is 7.47. The van der Waals surface area contributed by atoms with Crippen LogP contribution in [0.15, 0.2) is 24.3 Å². The van der Waals surface area contributed by atoms with Gasteiger partial charge >= 0.3 is 0 Å². The quantitative estimate of drug-likeness (QED) is 0.903. The van der Waals surface area contributed by atoms with E-state index in [1.807, 2.05) is 21.0 Å². The van der Waals surface area contributed by atoms with E-state index in [2.05, 4.69) is 49.6 Å². The molecular weight excluding hydrogens is 322 g/mol. The zero-order valence-corrected chi connectivity index (χ0v) is 15.1. The predicted molar refractivity (Wildman–Crippen MR) is 97.6 cm³/mol. The van der Waals surface area contributed by atoms with Gasteiger partial charge in [-0.15, -0.1) is 10.2 Å². The molecule has 1 fully saturated rings. The predicted octanol–water partition coefficient (Wildman–Crippen LogP) is 2.69. The van der Waals surface area contributed by atoms with E-state index >= 15 is 0 Å². The fourth-order valence-corrected chi connectivity index (χ4v) is 3.70. The van der Waals surface area contributed by atoms with Crippen LogP contribution in [-0.2, 0) is 4.79 Å². The summed E-state index contributed by atoms with van der Waals surface area (Å²) in [6.45, 7) is 3.20. The van der Waals surface area contributed by atoms with Gasteiger partial charge in [-0.05, 0) is 44.0 Å². The third-order valence-electron chi connectivity index (χ3n) is 4.25. The van der Waals surface area contributed by atoms with Crippen molar-refractivity contribution in [2.75, 3.05) is 37.4 Å². The van der Waals surface area contributed by atoms with Crippen LogP contribution >= 0.6 is 11.3 Å². The van der Waals surface area contributed by atoms with E-state index in [4.69, 9.17) is 0 Å². The molecule has 1 aliphatic heterocycles. The highest BCUT2D eigenvalue weighted by Crippen LogP contribution is 2.33.